The second-order valence-electron chi connectivity index (χ2n) is 6.10. The molecule has 1 aromatic heterocycles. The summed E-state index contributed by atoms with van der Waals surface area (Å²) >= 11 is 0. The lowest BCUT2D eigenvalue weighted by molar-refractivity contribution is 0.0582. The Bertz CT molecular complexity index is 605. The van der Waals surface area contributed by atoms with Crippen LogP contribution in [-0.4, -0.2) is 63.6 Å². The fraction of sp³-hybridized carbons (Fsp3) is 0.471. The van der Waals surface area contributed by atoms with Crippen LogP contribution in [0.1, 0.15) is 29.0 Å². The third kappa shape index (κ3) is 3.96. The van der Waals surface area contributed by atoms with E-state index in [4.69, 9.17) is 0 Å². The molecule has 0 spiro atoms. The summed E-state index contributed by atoms with van der Waals surface area (Å²) < 4.78 is 0. The average Bonchev–Trinajstić information content (AvgIpc) is 3.12. The standard InChI is InChI=1S/C17H23N5O/c1-21-10-8-15(9-11-21)22(17(23)16-18-13-19-20-16)12-7-14-5-3-2-4-6-14/h2-6,13,15H,7-12H2,1H3,(H,18,19,20). The van der Waals surface area contributed by atoms with Gasteiger partial charge in [0.25, 0.3) is 5.91 Å². The molecule has 1 aliphatic rings. The summed E-state index contributed by atoms with van der Waals surface area (Å²) in [6, 6.07) is 10.6. The van der Waals surface area contributed by atoms with E-state index in [1.54, 1.807) is 0 Å². The van der Waals surface area contributed by atoms with Crippen molar-refractivity contribution in [1.82, 2.24) is 25.0 Å². The van der Waals surface area contributed by atoms with Gasteiger partial charge in [0.2, 0.25) is 5.82 Å². The largest absolute Gasteiger partial charge is 0.333 e. The Morgan fingerprint density at radius 1 is 1.30 bits per heavy atom. The molecular formula is C17H23N5O. The molecule has 3 rings (SSSR count). The highest BCUT2D eigenvalue weighted by Crippen LogP contribution is 2.18. The number of likely N-dealkylation sites (tertiary alicyclic amines) is 1. The molecule has 0 aliphatic carbocycles. The zero-order chi connectivity index (χ0) is 16.1. The molecule has 6 nitrogen and oxygen atoms in total. The van der Waals surface area contributed by atoms with Crippen molar-refractivity contribution < 1.29 is 4.79 Å². The average molecular weight is 313 g/mol. The van der Waals surface area contributed by atoms with Crippen LogP contribution in [-0.2, 0) is 6.42 Å². The Morgan fingerprint density at radius 3 is 2.70 bits per heavy atom. The molecule has 0 radical (unpaired) electrons. The SMILES string of the molecule is CN1CCC(N(CCc2ccccc2)C(=O)c2ncn[nH]2)CC1. The Balaban J connectivity index is 1.71. The summed E-state index contributed by atoms with van der Waals surface area (Å²) in [5.74, 6) is 0.282. The molecule has 6 heteroatoms. The van der Waals surface area contributed by atoms with Gasteiger partial charge in [0.15, 0.2) is 0 Å². The van der Waals surface area contributed by atoms with Crippen molar-refractivity contribution in [3.8, 4) is 0 Å². The normalized spacial score (nSPS) is 16.4. The van der Waals surface area contributed by atoms with Gasteiger partial charge in [-0.2, -0.15) is 5.10 Å². The minimum Gasteiger partial charge on any atom is -0.333 e. The van der Waals surface area contributed by atoms with E-state index in [9.17, 15) is 4.79 Å². The molecule has 1 fully saturated rings. The van der Waals surface area contributed by atoms with Crippen LogP contribution in [0.25, 0.3) is 0 Å². The fourth-order valence-corrected chi connectivity index (χ4v) is 3.10. The van der Waals surface area contributed by atoms with E-state index in [0.29, 0.717) is 12.4 Å². The molecule has 1 aromatic carbocycles. The lowest BCUT2D eigenvalue weighted by Crippen LogP contribution is -2.47. The molecule has 0 unspecified atom stereocenters. The zero-order valence-corrected chi connectivity index (χ0v) is 13.5. The van der Waals surface area contributed by atoms with Crippen LogP contribution in [0.3, 0.4) is 0 Å². The van der Waals surface area contributed by atoms with Gasteiger partial charge in [0.1, 0.15) is 6.33 Å². The zero-order valence-electron chi connectivity index (χ0n) is 13.5. The number of carbonyl (C=O) groups excluding carboxylic acids is 1. The number of carbonyl (C=O) groups is 1. The van der Waals surface area contributed by atoms with Crippen LogP contribution in [0.4, 0.5) is 0 Å². The monoisotopic (exact) mass is 313 g/mol. The van der Waals surface area contributed by atoms with Crippen molar-refractivity contribution in [3.63, 3.8) is 0 Å². The molecule has 122 valence electrons. The Morgan fingerprint density at radius 2 is 2.04 bits per heavy atom. The molecule has 0 saturated carbocycles. The van der Waals surface area contributed by atoms with Crippen LogP contribution in [0.5, 0.6) is 0 Å². The number of rotatable bonds is 5. The predicted molar refractivity (Wildman–Crippen MR) is 88.1 cm³/mol. The number of nitrogens with zero attached hydrogens (tertiary/aromatic N) is 4. The summed E-state index contributed by atoms with van der Waals surface area (Å²) in [5, 5.41) is 6.51. The fourth-order valence-electron chi connectivity index (χ4n) is 3.10. The Labute approximate surface area is 136 Å². The lowest BCUT2D eigenvalue weighted by Gasteiger charge is -2.37. The smallest absolute Gasteiger partial charge is 0.291 e. The van der Waals surface area contributed by atoms with Gasteiger partial charge in [0, 0.05) is 12.6 Å². The van der Waals surface area contributed by atoms with Crippen LogP contribution in [0.15, 0.2) is 36.7 Å². The summed E-state index contributed by atoms with van der Waals surface area (Å²) in [7, 11) is 2.13. The molecule has 1 saturated heterocycles. The maximum Gasteiger partial charge on any atom is 0.291 e. The number of benzene rings is 1. The minimum absolute atomic E-state index is 0.0482. The molecule has 0 bridgehead atoms. The molecule has 2 aromatic rings. The highest BCUT2D eigenvalue weighted by molar-refractivity contribution is 5.90. The van der Waals surface area contributed by atoms with Crippen LogP contribution >= 0.6 is 0 Å². The molecular weight excluding hydrogens is 290 g/mol. The van der Waals surface area contributed by atoms with E-state index in [1.165, 1.54) is 11.9 Å². The summed E-state index contributed by atoms with van der Waals surface area (Å²) in [4.78, 5) is 21.1. The van der Waals surface area contributed by atoms with Crippen LogP contribution < -0.4 is 0 Å². The quantitative estimate of drug-likeness (QED) is 0.910. The van der Waals surface area contributed by atoms with Gasteiger partial charge in [-0.05, 0) is 45.0 Å². The summed E-state index contributed by atoms with van der Waals surface area (Å²) in [6.07, 6.45) is 4.25. The maximum atomic E-state index is 12.8. The highest BCUT2D eigenvalue weighted by atomic mass is 16.2. The van der Waals surface area contributed by atoms with Crippen molar-refractivity contribution in [2.75, 3.05) is 26.7 Å². The molecule has 1 N–H and O–H groups in total. The van der Waals surface area contributed by atoms with Crippen molar-refractivity contribution in [2.24, 2.45) is 0 Å². The Hall–Kier alpha value is -2.21. The molecule has 23 heavy (non-hydrogen) atoms. The number of piperidine rings is 1. The topological polar surface area (TPSA) is 65.1 Å². The number of hydrogen-bond donors (Lipinski definition) is 1. The van der Waals surface area contributed by atoms with Gasteiger partial charge in [-0.3, -0.25) is 9.89 Å². The van der Waals surface area contributed by atoms with Crippen molar-refractivity contribution >= 4 is 5.91 Å². The van der Waals surface area contributed by atoms with Gasteiger partial charge >= 0.3 is 0 Å². The Kier molecular flexibility index (Phi) is 5.02. The first kappa shape index (κ1) is 15.7. The van der Waals surface area contributed by atoms with Gasteiger partial charge in [-0.15, -0.1) is 0 Å². The molecule has 1 aliphatic heterocycles. The number of nitrogens with one attached hydrogen (secondary N) is 1. The third-order valence-electron chi connectivity index (χ3n) is 4.49. The first-order valence-corrected chi connectivity index (χ1v) is 8.13. The van der Waals surface area contributed by atoms with E-state index < -0.39 is 0 Å². The lowest BCUT2D eigenvalue weighted by atomic mass is 10.0. The number of aromatic nitrogens is 3. The van der Waals surface area contributed by atoms with Gasteiger partial charge < -0.3 is 9.80 Å². The summed E-state index contributed by atoms with van der Waals surface area (Å²) in [5.41, 5.74) is 1.25. The number of hydrogen-bond acceptors (Lipinski definition) is 4. The first-order valence-electron chi connectivity index (χ1n) is 8.13. The van der Waals surface area contributed by atoms with Crippen LogP contribution in [0.2, 0.25) is 0 Å². The minimum atomic E-state index is -0.0482. The number of H-pyrrole nitrogens is 1. The third-order valence-corrected chi connectivity index (χ3v) is 4.49. The number of amides is 1. The van der Waals surface area contributed by atoms with Crippen LogP contribution in [0, 0.1) is 0 Å². The second kappa shape index (κ2) is 7.37. The van der Waals surface area contributed by atoms with E-state index in [-0.39, 0.29) is 11.9 Å². The molecule has 2 heterocycles. The highest BCUT2D eigenvalue weighted by Gasteiger charge is 2.28. The predicted octanol–water partition coefficient (Wildman–Crippen LogP) is 1.58. The number of aromatic amines is 1. The molecule has 0 atom stereocenters. The van der Waals surface area contributed by atoms with Gasteiger partial charge in [-0.1, -0.05) is 30.3 Å². The van der Waals surface area contributed by atoms with Crippen molar-refractivity contribution in [3.05, 3.63) is 48.0 Å². The van der Waals surface area contributed by atoms with E-state index in [0.717, 1.165) is 32.4 Å². The summed E-state index contributed by atoms with van der Waals surface area (Å²) in [6.45, 7) is 2.75. The van der Waals surface area contributed by atoms with Crippen molar-refractivity contribution in [2.45, 2.75) is 25.3 Å². The van der Waals surface area contributed by atoms with E-state index >= 15 is 0 Å². The molecule has 1 amide bonds. The second-order valence-corrected chi connectivity index (χ2v) is 6.10. The van der Waals surface area contributed by atoms with Gasteiger partial charge in [-0.25, -0.2) is 4.98 Å². The van der Waals surface area contributed by atoms with Crippen molar-refractivity contribution in [1.29, 1.82) is 0 Å². The van der Waals surface area contributed by atoms with E-state index in [1.807, 2.05) is 23.1 Å². The first-order chi connectivity index (χ1) is 11.2. The van der Waals surface area contributed by atoms with E-state index in [2.05, 4.69) is 39.3 Å². The van der Waals surface area contributed by atoms with Gasteiger partial charge in [0.05, 0.1) is 0 Å². The maximum absolute atomic E-state index is 12.8.